The van der Waals surface area contributed by atoms with E-state index < -0.39 is 0 Å². The number of ether oxygens (including phenoxy) is 1. The van der Waals surface area contributed by atoms with Crippen LogP contribution in [0.4, 0.5) is 0 Å². The molecular weight excluding hydrogens is 264 g/mol. The Bertz CT molecular complexity index is 547. The highest BCUT2D eigenvalue weighted by Gasteiger charge is 2.16. The van der Waals surface area contributed by atoms with Gasteiger partial charge in [-0.2, -0.15) is 0 Å². The molecule has 0 N–H and O–H groups in total. The molecule has 0 radical (unpaired) electrons. The SMILES string of the molecule is CN(CC[C@@H]1CCOC1)Cc1cc(-c2ccccc2)on1. The van der Waals surface area contributed by atoms with Gasteiger partial charge in [0.1, 0.15) is 0 Å². The lowest BCUT2D eigenvalue weighted by Gasteiger charge is -2.16. The summed E-state index contributed by atoms with van der Waals surface area (Å²) in [6, 6.07) is 12.1. The second-order valence-electron chi connectivity index (χ2n) is 5.80. The Kier molecular flexibility index (Phi) is 4.68. The topological polar surface area (TPSA) is 38.5 Å². The fourth-order valence-corrected chi connectivity index (χ4v) is 2.69. The number of rotatable bonds is 6. The summed E-state index contributed by atoms with van der Waals surface area (Å²) in [6.45, 7) is 3.75. The quantitative estimate of drug-likeness (QED) is 0.817. The Morgan fingerprint density at radius 3 is 2.90 bits per heavy atom. The number of hydrogen-bond acceptors (Lipinski definition) is 4. The standard InChI is InChI=1S/C17H22N2O2/c1-19(9-7-14-8-10-20-13-14)12-16-11-17(21-18-16)15-5-3-2-4-6-15/h2-6,11,14H,7-10,12-13H2,1H3/t14-/m1/s1. The molecule has 0 spiro atoms. The molecule has 0 unspecified atom stereocenters. The molecule has 0 amide bonds. The van der Waals surface area contributed by atoms with Crippen molar-refractivity contribution < 1.29 is 9.26 Å². The second kappa shape index (κ2) is 6.87. The minimum Gasteiger partial charge on any atom is -0.381 e. The molecule has 1 aliphatic heterocycles. The van der Waals surface area contributed by atoms with Crippen LogP contribution in [0.15, 0.2) is 40.9 Å². The fourth-order valence-electron chi connectivity index (χ4n) is 2.69. The molecule has 1 fully saturated rings. The Hall–Kier alpha value is -1.65. The van der Waals surface area contributed by atoms with Crippen molar-refractivity contribution in [3.05, 3.63) is 42.1 Å². The molecule has 1 aromatic heterocycles. The number of hydrogen-bond donors (Lipinski definition) is 0. The van der Waals surface area contributed by atoms with Crippen LogP contribution in [-0.2, 0) is 11.3 Å². The van der Waals surface area contributed by atoms with Crippen molar-refractivity contribution >= 4 is 0 Å². The van der Waals surface area contributed by atoms with Crippen LogP contribution in [0, 0.1) is 5.92 Å². The molecule has 0 saturated carbocycles. The van der Waals surface area contributed by atoms with E-state index in [1.54, 1.807) is 0 Å². The van der Waals surface area contributed by atoms with Crippen LogP contribution < -0.4 is 0 Å². The zero-order valence-corrected chi connectivity index (χ0v) is 12.5. The van der Waals surface area contributed by atoms with Crippen LogP contribution >= 0.6 is 0 Å². The van der Waals surface area contributed by atoms with E-state index in [1.165, 1.54) is 12.8 Å². The van der Waals surface area contributed by atoms with Gasteiger partial charge < -0.3 is 14.2 Å². The molecule has 0 bridgehead atoms. The van der Waals surface area contributed by atoms with E-state index in [1.807, 2.05) is 36.4 Å². The zero-order chi connectivity index (χ0) is 14.5. The summed E-state index contributed by atoms with van der Waals surface area (Å²) in [7, 11) is 2.13. The Labute approximate surface area is 125 Å². The molecule has 1 aliphatic rings. The normalized spacial score (nSPS) is 18.5. The maximum Gasteiger partial charge on any atom is 0.167 e. The molecule has 1 aromatic carbocycles. The molecule has 3 rings (SSSR count). The molecule has 2 heterocycles. The smallest absolute Gasteiger partial charge is 0.167 e. The number of nitrogens with zero attached hydrogens (tertiary/aromatic N) is 2. The van der Waals surface area contributed by atoms with Crippen molar-refractivity contribution in [2.45, 2.75) is 19.4 Å². The van der Waals surface area contributed by atoms with Crippen LogP contribution in [0.3, 0.4) is 0 Å². The van der Waals surface area contributed by atoms with Gasteiger partial charge in [-0.15, -0.1) is 0 Å². The fraction of sp³-hybridized carbons (Fsp3) is 0.471. The van der Waals surface area contributed by atoms with Gasteiger partial charge in [0.25, 0.3) is 0 Å². The van der Waals surface area contributed by atoms with Crippen LogP contribution in [0.25, 0.3) is 11.3 Å². The van der Waals surface area contributed by atoms with Crippen LogP contribution in [-0.4, -0.2) is 36.9 Å². The van der Waals surface area contributed by atoms with Gasteiger partial charge in [-0.05, 0) is 32.4 Å². The van der Waals surface area contributed by atoms with E-state index in [0.29, 0.717) is 0 Å². The van der Waals surface area contributed by atoms with Gasteiger partial charge in [0.15, 0.2) is 5.76 Å². The molecule has 21 heavy (non-hydrogen) atoms. The summed E-state index contributed by atoms with van der Waals surface area (Å²) >= 11 is 0. The monoisotopic (exact) mass is 286 g/mol. The van der Waals surface area contributed by atoms with Crippen molar-refractivity contribution in [2.24, 2.45) is 5.92 Å². The first-order chi connectivity index (χ1) is 10.3. The minimum absolute atomic E-state index is 0.727. The van der Waals surface area contributed by atoms with Crippen LogP contribution in [0.5, 0.6) is 0 Å². The maximum absolute atomic E-state index is 5.43. The van der Waals surface area contributed by atoms with Crippen molar-refractivity contribution in [1.82, 2.24) is 10.1 Å². The van der Waals surface area contributed by atoms with E-state index in [2.05, 4.69) is 17.1 Å². The Morgan fingerprint density at radius 1 is 1.29 bits per heavy atom. The van der Waals surface area contributed by atoms with Gasteiger partial charge in [-0.3, -0.25) is 0 Å². The summed E-state index contributed by atoms with van der Waals surface area (Å²) in [6.07, 6.45) is 2.40. The molecule has 1 saturated heterocycles. The van der Waals surface area contributed by atoms with Crippen molar-refractivity contribution in [3.8, 4) is 11.3 Å². The molecule has 4 nitrogen and oxygen atoms in total. The lowest BCUT2D eigenvalue weighted by molar-refractivity contribution is 0.180. The Balaban J connectivity index is 1.52. The van der Waals surface area contributed by atoms with Gasteiger partial charge in [0.2, 0.25) is 0 Å². The van der Waals surface area contributed by atoms with Crippen LogP contribution in [0.1, 0.15) is 18.5 Å². The predicted octanol–water partition coefficient (Wildman–Crippen LogP) is 3.20. The van der Waals surface area contributed by atoms with Crippen molar-refractivity contribution in [2.75, 3.05) is 26.8 Å². The highest BCUT2D eigenvalue weighted by Crippen LogP contribution is 2.21. The lowest BCUT2D eigenvalue weighted by Crippen LogP contribution is -2.21. The van der Waals surface area contributed by atoms with Crippen molar-refractivity contribution in [1.29, 1.82) is 0 Å². The van der Waals surface area contributed by atoms with Crippen LogP contribution in [0.2, 0.25) is 0 Å². The lowest BCUT2D eigenvalue weighted by atomic mass is 10.1. The molecule has 1 atom stereocenters. The Morgan fingerprint density at radius 2 is 2.14 bits per heavy atom. The first kappa shape index (κ1) is 14.3. The summed E-state index contributed by atoms with van der Waals surface area (Å²) < 4.78 is 10.8. The molecule has 2 aromatic rings. The molecule has 4 heteroatoms. The van der Waals surface area contributed by atoms with Gasteiger partial charge in [0.05, 0.1) is 5.69 Å². The van der Waals surface area contributed by atoms with Gasteiger partial charge in [-0.25, -0.2) is 0 Å². The molecule has 112 valence electrons. The zero-order valence-electron chi connectivity index (χ0n) is 12.5. The predicted molar refractivity (Wildman–Crippen MR) is 81.8 cm³/mol. The highest BCUT2D eigenvalue weighted by atomic mass is 16.5. The summed E-state index contributed by atoms with van der Waals surface area (Å²) in [5.74, 6) is 1.56. The van der Waals surface area contributed by atoms with E-state index >= 15 is 0 Å². The molecule has 0 aliphatic carbocycles. The van der Waals surface area contributed by atoms with Crippen molar-refractivity contribution in [3.63, 3.8) is 0 Å². The third-order valence-corrected chi connectivity index (χ3v) is 3.99. The van der Waals surface area contributed by atoms with Gasteiger partial charge in [0, 0.05) is 31.4 Å². The summed E-state index contributed by atoms with van der Waals surface area (Å²) in [5, 5.41) is 4.17. The van der Waals surface area contributed by atoms with Gasteiger partial charge >= 0.3 is 0 Å². The number of benzene rings is 1. The largest absolute Gasteiger partial charge is 0.381 e. The maximum atomic E-state index is 5.43. The average molecular weight is 286 g/mol. The van der Waals surface area contributed by atoms with E-state index in [-0.39, 0.29) is 0 Å². The summed E-state index contributed by atoms with van der Waals surface area (Å²) in [4.78, 5) is 2.30. The third-order valence-electron chi connectivity index (χ3n) is 3.99. The highest BCUT2D eigenvalue weighted by molar-refractivity contribution is 5.56. The average Bonchev–Trinajstić information content (AvgIpc) is 3.17. The van der Waals surface area contributed by atoms with E-state index in [0.717, 1.165) is 49.2 Å². The van der Waals surface area contributed by atoms with E-state index in [9.17, 15) is 0 Å². The first-order valence-corrected chi connectivity index (χ1v) is 7.58. The minimum atomic E-state index is 0.727. The first-order valence-electron chi connectivity index (χ1n) is 7.58. The van der Waals surface area contributed by atoms with Gasteiger partial charge in [-0.1, -0.05) is 35.5 Å². The van der Waals surface area contributed by atoms with E-state index in [4.69, 9.17) is 9.26 Å². The molecular formula is C17H22N2O2. The summed E-state index contributed by atoms with van der Waals surface area (Å²) in [5.41, 5.74) is 2.06. The second-order valence-corrected chi connectivity index (χ2v) is 5.80. The third kappa shape index (κ3) is 3.93. The number of aromatic nitrogens is 1.